The Morgan fingerprint density at radius 3 is 2.27 bits per heavy atom. The van der Waals surface area contributed by atoms with Crippen molar-refractivity contribution in [1.29, 1.82) is 0 Å². The number of rotatable bonds is 10. The van der Waals surface area contributed by atoms with Crippen LogP contribution in [0.2, 0.25) is 0 Å². The average Bonchev–Trinajstić information content (AvgIpc) is 2.75. The van der Waals surface area contributed by atoms with Gasteiger partial charge in [0.2, 0.25) is 11.8 Å². The number of hydrogen-bond acceptors (Lipinski definition) is 4. The second kappa shape index (κ2) is 12.3. The molecule has 0 spiro atoms. The molecule has 0 saturated heterocycles. The van der Waals surface area contributed by atoms with E-state index >= 15 is 0 Å². The zero-order chi connectivity index (χ0) is 24.4. The van der Waals surface area contributed by atoms with Crippen LogP contribution in [0.1, 0.15) is 57.6 Å². The smallest absolute Gasteiger partial charge is 0.231 e. The van der Waals surface area contributed by atoms with Gasteiger partial charge in [-0.25, -0.2) is 0 Å². The van der Waals surface area contributed by atoms with Crippen LogP contribution in [0.15, 0.2) is 42.5 Å². The minimum Gasteiger partial charge on any atom is -0.493 e. The number of anilines is 2. The monoisotopic (exact) mass is 469 g/mol. The number of hydrogen-bond donors (Lipinski definition) is 3. The lowest BCUT2D eigenvalue weighted by Gasteiger charge is -2.24. The third-order valence-corrected chi connectivity index (χ3v) is 5.50. The minimum absolute atomic E-state index is 0.0114. The molecule has 6 nitrogen and oxygen atoms in total. The van der Waals surface area contributed by atoms with Gasteiger partial charge in [0.1, 0.15) is 5.75 Å². The maximum Gasteiger partial charge on any atom is 0.231 e. The van der Waals surface area contributed by atoms with Gasteiger partial charge in [0, 0.05) is 23.2 Å². The quantitative estimate of drug-likeness (QED) is 0.305. The van der Waals surface area contributed by atoms with Crippen LogP contribution in [-0.4, -0.2) is 23.5 Å². The second-order valence-corrected chi connectivity index (χ2v) is 9.30. The maximum absolute atomic E-state index is 12.7. The van der Waals surface area contributed by atoms with Crippen LogP contribution in [0, 0.1) is 19.3 Å². The molecule has 0 heterocycles. The van der Waals surface area contributed by atoms with Crippen LogP contribution in [0.25, 0.3) is 0 Å². The Morgan fingerprint density at radius 2 is 1.64 bits per heavy atom. The molecule has 0 fully saturated rings. The number of aryl methyl sites for hydroxylation is 2. The first-order valence-electron chi connectivity index (χ1n) is 11.3. The zero-order valence-corrected chi connectivity index (χ0v) is 21.0. The Balaban J connectivity index is 1.78. The van der Waals surface area contributed by atoms with Crippen molar-refractivity contribution >= 4 is 40.5 Å². The summed E-state index contributed by atoms with van der Waals surface area (Å²) in [6, 6.07) is 13.3. The SMILES string of the molecule is CCCC(=O)Nc1ccc(NC(=S)NC(=O)C(C)(C)CCCOc2cc(C)ccc2C)cc1. The molecule has 2 aromatic carbocycles. The van der Waals surface area contributed by atoms with Gasteiger partial charge < -0.3 is 20.7 Å². The summed E-state index contributed by atoms with van der Waals surface area (Å²) in [6.45, 7) is 10.4. The molecule has 0 saturated carbocycles. The molecule has 0 bridgehead atoms. The second-order valence-electron chi connectivity index (χ2n) is 8.89. The van der Waals surface area contributed by atoms with Gasteiger partial charge in [-0.3, -0.25) is 9.59 Å². The predicted molar refractivity (Wildman–Crippen MR) is 139 cm³/mol. The fourth-order valence-electron chi connectivity index (χ4n) is 3.19. The highest BCUT2D eigenvalue weighted by Crippen LogP contribution is 2.24. The normalized spacial score (nSPS) is 10.9. The van der Waals surface area contributed by atoms with Crippen molar-refractivity contribution in [1.82, 2.24) is 5.32 Å². The van der Waals surface area contributed by atoms with E-state index in [1.165, 1.54) is 0 Å². The lowest BCUT2D eigenvalue weighted by Crippen LogP contribution is -2.42. The van der Waals surface area contributed by atoms with Crippen LogP contribution in [0.5, 0.6) is 5.75 Å². The number of thiocarbonyl (C=S) groups is 1. The van der Waals surface area contributed by atoms with Crippen LogP contribution < -0.4 is 20.7 Å². The van der Waals surface area contributed by atoms with Crippen molar-refractivity contribution in [2.24, 2.45) is 5.41 Å². The molecule has 0 aromatic heterocycles. The van der Waals surface area contributed by atoms with Gasteiger partial charge in [-0.05, 0) is 86.8 Å². The lowest BCUT2D eigenvalue weighted by molar-refractivity contribution is -0.128. The summed E-state index contributed by atoms with van der Waals surface area (Å²) in [6.07, 6.45) is 2.70. The van der Waals surface area contributed by atoms with Gasteiger partial charge in [0.05, 0.1) is 6.61 Å². The summed E-state index contributed by atoms with van der Waals surface area (Å²) < 4.78 is 5.90. The van der Waals surface area contributed by atoms with E-state index in [9.17, 15) is 9.59 Å². The predicted octanol–water partition coefficient (Wildman–Crippen LogP) is 5.74. The van der Waals surface area contributed by atoms with Gasteiger partial charge in [0.25, 0.3) is 0 Å². The largest absolute Gasteiger partial charge is 0.493 e. The van der Waals surface area contributed by atoms with Gasteiger partial charge >= 0.3 is 0 Å². The Bertz CT molecular complexity index is 971. The summed E-state index contributed by atoms with van der Waals surface area (Å²) in [4.78, 5) is 24.4. The van der Waals surface area contributed by atoms with Gasteiger partial charge in [-0.2, -0.15) is 0 Å². The molecule has 0 aliphatic carbocycles. The molecular formula is C26H35N3O3S. The third-order valence-electron chi connectivity index (χ3n) is 5.29. The van der Waals surface area contributed by atoms with E-state index in [2.05, 4.69) is 22.0 Å². The Morgan fingerprint density at radius 1 is 1.00 bits per heavy atom. The van der Waals surface area contributed by atoms with E-state index in [0.29, 0.717) is 19.4 Å². The van der Waals surface area contributed by atoms with E-state index < -0.39 is 5.41 Å². The van der Waals surface area contributed by atoms with Crippen LogP contribution >= 0.6 is 12.2 Å². The van der Waals surface area contributed by atoms with E-state index in [0.717, 1.165) is 41.1 Å². The van der Waals surface area contributed by atoms with Crippen molar-refractivity contribution in [3.8, 4) is 5.75 Å². The lowest BCUT2D eigenvalue weighted by atomic mass is 9.87. The van der Waals surface area contributed by atoms with E-state index in [4.69, 9.17) is 17.0 Å². The molecule has 0 radical (unpaired) electrons. The van der Waals surface area contributed by atoms with Crippen molar-refractivity contribution in [2.45, 2.75) is 60.3 Å². The summed E-state index contributed by atoms with van der Waals surface area (Å²) in [5, 5.41) is 8.87. The van der Waals surface area contributed by atoms with Crippen LogP contribution in [0.4, 0.5) is 11.4 Å². The number of carbonyl (C=O) groups excluding carboxylic acids is 2. The molecule has 178 valence electrons. The van der Waals surface area contributed by atoms with Gasteiger partial charge in [0.15, 0.2) is 5.11 Å². The van der Waals surface area contributed by atoms with E-state index in [1.807, 2.05) is 46.8 Å². The Kier molecular flexibility index (Phi) is 9.85. The van der Waals surface area contributed by atoms with E-state index in [-0.39, 0.29) is 16.9 Å². The fourth-order valence-corrected chi connectivity index (χ4v) is 3.41. The van der Waals surface area contributed by atoms with Crippen molar-refractivity contribution < 1.29 is 14.3 Å². The van der Waals surface area contributed by atoms with Crippen molar-refractivity contribution in [3.63, 3.8) is 0 Å². The highest BCUT2D eigenvalue weighted by atomic mass is 32.1. The molecule has 7 heteroatoms. The third kappa shape index (κ3) is 8.85. The van der Waals surface area contributed by atoms with Crippen LogP contribution in [0.3, 0.4) is 0 Å². The van der Waals surface area contributed by atoms with Gasteiger partial charge in [-0.15, -0.1) is 0 Å². The van der Waals surface area contributed by atoms with Crippen molar-refractivity contribution in [3.05, 3.63) is 53.6 Å². The molecule has 3 N–H and O–H groups in total. The summed E-state index contributed by atoms with van der Waals surface area (Å²) in [7, 11) is 0. The number of amides is 2. The molecule has 2 amide bonds. The van der Waals surface area contributed by atoms with Gasteiger partial charge in [-0.1, -0.05) is 32.9 Å². The summed E-state index contributed by atoms with van der Waals surface area (Å²) >= 11 is 5.31. The molecule has 0 unspecified atom stereocenters. The number of nitrogens with one attached hydrogen (secondary N) is 3. The maximum atomic E-state index is 12.7. The fraction of sp³-hybridized carbons (Fsp3) is 0.423. The highest BCUT2D eigenvalue weighted by molar-refractivity contribution is 7.80. The Labute approximate surface area is 202 Å². The minimum atomic E-state index is -0.593. The van der Waals surface area contributed by atoms with Crippen molar-refractivity contribution in [2.75, 3.05) is 17.2 Å². The first-order valence-corrected chi connectivity index (χ1v) is 11.7. The molecule has 0 aliphatic heterocycles. The van der Waals surface area contributed by atoms with E-state index in [1.54, 1.807) is 24.3 Å². The molecule has 2 aromatic rings. The first-order chi connectivity index (χ1) is 15.6. The standard InChI is InChI=1S/C26H35N3O3S/c1-6-8-23(30)27-20-11-13-21(14-12-20)28-25(33)29-24(31)26(4,5)15-7-16-32-22-17-18(2)9-10-19(22)3/h9-14,17H,6-8,15-16H2,1-5H3,(H,27,30)(H2,28,29,31,33). The summed E-state index contributed by atoms with van der Waals surface area (Å²) in [5.41, 5.74) is 3.12. The number of carbonyl (C=O) groups is 2. The first kappa shape index (κ1) is 26.3. The number of benzene rings is 2. The molecular weight excluding hydrogens is 434 g/mol. The number of ether oxygens (including phenoxy) is 1. The molecule has 33 heavy (non-hydrogen) atoms. The molecule has 2 rings (SSSR count). The molecule has 0 atom stereocenters. The average molecular weight is 470 g/mol. The Hall–Kier alpha value is -2.93. The zero-order valence-electron chi connectivity index (χ0n) is 20.2. The van der Waals surface area contributed by atoms with Crippen LogP contribution in [-0.2, 0) is 9.59 Å². The molecule has 0 aliphatic rings. The highest BCUT2D eigenvalue weighted by Gasteiger charge is 2.27. The summed E-state index contributed by atoms with van der Waals surface area (Å²) in [5.74, 6) is 0.733. The topological polar surface area (TPSA) is 79.5 Å².